The van der Waals surface area contributed by atoms with Gasteiger partial charge >= 0.3 is 5.97 Å². The molecule has 0 atom stereocenters. The summed E-state index contributed by atoms with van der Waals surface area (Å²) in [5.74, 6) is -0.759. The second-order valence-electron chi connectivity index (χ2n) is 8.40. The molecule has 0 radical (unpaired) electrons. The van der Waals surface area contributed by atoms with Crippen molar-refractivity contribution in [3.8, 4) is 11.3 Å². The number of esters is 1. The molecule has 4 aromatic heterocycles. The number of hydrogen-bond donors (Lipinski definition) is 1. The van der Waals surface area contributed by atoms with Gasteiger partial charge in [0.15, 0.2) is 11.3 Å². The van der Waals surface area contributed by atoms with Crippen LogP contribution >= 0.6 is 11.3 Å². The number of aryl methyl sites for hydroxylation is 2. The second kappa shape index (κ2) is 9.02. The summed E-state index contributed by atoms with van der Waals surface area (Å²) in [5, 5.41) is 12.3. The van der Waals surface area contributed by atoms with Crippen LogP contribution in [0.2, 0.25) is 0 Å². The molecule has 176 valence electrons. The molecule has 4 aromatic rings. The maximum absolute atomic E-state index is 13.2. The van der Waals surface area contributed by atoms with Gasteiger partial charge in [-0.25, -0.2) is 14.3 Å². The van der Waals surface area contributed by atoms with Gasteiger partial charge in [0.1, 0.15) is 5.00 Å². The zero-order valence-corrected chi connectivity index (χ0v) is 20.2. The summed E-state index contributed by atoms with van der Waals surface area (Å²) >= 11 is 1.46. The molecular formula is C24H26N6O3S. The SMILES string of the molecule is CCCOC(=O)c1c(NC(=O)c2cc3nccc(-c4cnn(C)c4C)n3n2)sc2c1CCCC2. The Hall–Kier alpha value is -3.53. The Kier molecular flexibility index (Phi) is 5.91. The molecule has 34 heavy (non-hydrogen) atoms. The van der Waals surface area contributed by atoms with E-state index in [1.54, 1.807) is 27.7 Å². The molecule has 0 aromatic carbocycles. The normalized spacial score (nSPS) is 13.1. The number of nitrogens with one attached hydrogen (secondary N) is 1. The number of carbonyl (C=O) groups is 2. The van der Waals surface area contributed by atoms with E-state index in [-0.39, 0.29) is 17.6 Å². The van der Waals surface area contributed by atoms with Crippen LogP contribution in [0.25, 0.3) is 16.9 Å². The number of hydrogen-bond acceptors (Lipinski definition) is 7. The van der Waals surface area contributed by atoms with Gasteiger partial charge in [0.05, 0.1) is 24.1 Å². The number of carbonyl (C=O) groups excluding carboxylic acids is 2. The molecule has 0 unspecified atom stereocenters. The molecule has 0 aliphatic heterocycles. The fourth-order valence-corrected chi connectivity index (χ4v) is 5.54. The second-order valence-corrected chi connectivity index (χ2v) is 9.51. The van der Waals surface area contributed by atoms with Crippen LogP contribution in [0.4, 0.5) is 5.00 Å². The van der Waals surface area contributed by atoms with E-state index < -0.39 is 0 Å². The van der Waals surface area contributed by atoms with Crippen molar-refractivity contribution in [1.82, 2.24) is 24.4 Å². The summed E-state index contributed by atoms with van der Waals surface area (Å²) in [4.78, 5) is 31.6. The molecule has 1 aliphatic carbocycles. The van der Waals surface area contributed by atoms with Crippen LogP contribution in [0.1, 0.15) is 63.2 Å². The number of aromatic nitrogens is 5. The minimum atomic E-state index is -0.387. The van der Waals surface area contributed by atoms with Crippen LogP contribution in [0, 0.1) is 6.92 Å². The van der Waals surface area contributed by atoms with Crippen molar-refractivity contribution >= 4 is 33.9 Å². The third kappa shape index (κ3) is 3.87. The van der Waals surface area contributed by atoms with Gasteiger partial charge in [-0.15, -0.1) is 11.3 Å². The van der Waals surface area contributed by atoms with Gasteiger partial charge in [0.25, 0.3) is 5.91 Å². The first-order valence-electron chi connectivity index (χ1n) is 11.4. The van der Waals surface area contributed by atoms with Crippen LogP contribution in [-0.2, 0) is 24.6 Å². The molecule has 1 N–H and O–H groups in total. The lowest BCUT2D eigenvalue weighted by Gasteiger charge is -2.12. The van der Waals surface area contributed by atoms with E-state index in [1.165, 1.54) is 11.3 Å². The average Bonchev–Trinajstić information content (AvgIpc) is 3.52. The Labute approximate surface area is 200 Å². The first kappa shape index (κ1) is 22.3. The highest BCUT2D eigenvalue weighted by atomic mass is 32.1. The Morgan fingerprint density at radius 1 is 1.26 bits per heavy atom. The highest BCUT2D eigenvalue weighted by molar-refractivity contribution is 7.17. The molecule has 4 heterocycles. The summed E-state index contributed by atoms with van der Waals surface area (Å²) in [6.45, 7) is 4.28. The summed E-state index contributed by atoms with van der Waals surface area (Å²) in [6.07, 6.45) is 8.05. The minimum absolute atomic E-state index is 0.223. The maximum atomic E-state index is 13.2. The van der Waals surface area contributed by atoms with Gasteiger partial charge in [-0.05, 0) is 50.7 Å². The fourth-order valence-electron chi connectivity index (χ4n) is 4.26. The minimum Gasteiger partial charge on any atom is -0.462 e. The van der Waals surface area contributed by atoms with E-state index in [4.69, 9.17) is 4.74 Å². The topological polar surface area (TPSA) is 103 Å². The summed E-state index contributed by atoms with van der Waals surface area (Å²) < 4.78 is 8.87. The van der Waals surface area contributed by atoms with Crippen LogP contribution in [0.5, 0.6) is 0 Å². The first-order chi connectivity index (χ1) is 16.5. The number of nitrogens with zero attached hydrogens (tertiary/aromatic N) is 5. The van der Waals surface area contributed by atoms with E-state index in [2.05, 4.69) is 20.5 Å². The Morgan fingerprint density at radius 3 is 2.85 bits per heavy atom. The average molecular weight is 479 g/mol. The lowest BCUT2D eigenvalue weighted by molar-refractivity contribution is 0.0505. The van der Waals surface area contributed by atoms with Crippen LogP contribution < -0.4 is 5.32 Å². The predicted octanol–water partition coefficient (Wildman–Crippen LogP) is 4.20. The number of ether oxygens (including phenoxy) is 1. The largest absolute Gasteiger partial charge is 0.462 e. The summed E-state index contributed by atoms with van der Waals surface area (Å²) in [6, 6.07) is 3.49. The third-order valence-electron chi connectivity index (χ3n) is 6.14. The number of rotatable bonds is 6. The van der Waals surface area contributed by atoms with Gasteiger partial charge < -0.3 is 10.1 Å². The van der Waals surface area contributed by atoms with Crippen LogP contribution in [0.3, 0.4) is 0 Å². The van der Waals surface area contributed by atoms with Gasteiger partial charge in [-0.2, -0.15) is 10.2 Å². The highest BCUT2D eigenvalue weighted by Gasteiger charge is 2.28. The number of amides is 1. The van der Waals surface area contributed by atoms with Crippen molar-refractivity contribution in [3.05, 3.63) is 51.9 Å². The molecule has 0 fully saturated rings. The standard InChI is InChI=1S/C24H26N6O3S/c1-4-11-33-24(32)21-15-7-5-6-8-19(15)34-23(21)27-22(31)17-12-20-25-10-9-18(30(20)28-17)16-13-26-29(3)14(16)2/h9-10,12-13H,4-8,11H2,1-3H3,(H,27,31). The molecule has 0 spiro atoms. The molecule has 0 saturated carbocycles. The molecular weight excluding hydrogens is 452 g/mol. The Bertz CT molecular complexity index is 1400. The molecule has 0 saturated heterocycles. The van der Waals surface area contributed by atoms with E-state index in [0.29, 0.717) is 22.8 Å². The monoisotopic (exact) mass is 478 g/mol. The van der Waals surface area contributed by atoms with Crippen LogP contribution in [0.15, 0.2) is 24.5 Å². The van der Waals surface area contributed by atoms with E-state index in [1.807, 2.05) is 27.0 Å². The number of thiophene rings is 1. The van der Waals surface area contributed by atoms with Gasteiger partial charge in [0.2, 0.25) is 0 Å². The quantitative estimate of drug-likeness (QED) is 0.417. The van der Waals surface area contributed by atoms with Crippen LogP contribution in [-0.4, -0.2) is 42.9 Å². The smallest absolute Gasteiger partial charge is 0.341 e. The van der Waals surface area contributed by atoms with E-state index in [0.717, 1.165) is 59.5 Å². The van der Waals surface area contributed by atoms with Gasteiger partial charge in [0, 0.05) is 35.4 Å². The molecule has 0 bridgehead atoms. The van der Waals surface area contributed by atoms with Gasteiger partial charge in [-0.3, -0.25) is 9.48 Å². The summed E-state index contributed by atoms with van der Waals surface area (Å²) in [7, 11) is 1.88. The first-order valence-corrected chi connectivity index (χ1v) is 12.3. The van der Waals surface area contributed by atoms with Gasteiger partial charge in [-0.1, -0.05) is 6.92 Å². The molecule has 5 rings (SSSR count). The molecule has 1 aliphatic rings. The third-order valence-corrected chi connectivity index (χ3v) is 7.35. The van der Waals surface area contributed by atoms with Crippen molar-refractivity contribution < 1.29 is 14.3 Å². The van der Waals surface area contributed by atoms with E-state index in [9.17, 15) is 9.59 Å². The Balaban J connectivity index is 1.49. The molecule has 10 heteroatoms. The van der Waals surface area contributed by atoms with Crippen molar-refractivity contribution in [1.29, 1.82) is 0 Å². The molecule has 1 amide bonds. The Morgan fingerprint density at radius 2 is 2.09 bits per heavy atom. The van der Waals surface area contributed by atoms with Crippen molar-refractivity contribution in [2.24, 2.45) is 7.05 Å². The summed E-state index contributed by atoms with van der Waals surface area (Å²) in [5.41, 5.74) is 4.98. The fraction of sp³-hybridized carbons (Fsp3) is 0.375. The number of fused-ring (bicyclic) bond motifs is 2. The maximum Gasteiger partial charge on any atom is 0.341 e. The number of anilines is 1. The molecule has 9 nitrogen and oxygen atoms in total. The van der Waals surface area contributed by atoms with Crippen molar-refractivity contribution in [2.45, 2.75) is 46.0 Å². The van der Waals surface area contributed by atoms with E-state index >= 15 is 0 Å². The van der Waals surface area contributed by atoms with Crippen molar-refractivity contribution in [3.63, 3.8) is 0 Å². The predicted molar refractivity (Wildman–Crippen MR) is 129 cm³/mol. The lowest BCUT2D eigenvalue weighted by atomic mass is 9.95. The zero-order valence-electron chi connectivity index (χ0n) is 19.4. The highest BCUT2D eigenvalue weighted by Crippen LogP contribution is 2.39. The zero-order chi connectivity index (χ0) is 23.8. The lowest BCUT2D eigenvalue weighted by Crippen LogP contribution is -2.16. The van der Waals surface area contributed by atoms with Crippen molar-refractivity contribution in [2.75, 3.05) is 11.9 Å².